The molecule has 0 saturated carbocycles. The van der Waals surface area contributed by atoms with E-state index >= 15 is 0 Å². The third-order valence-corrected chi connectivity index (χ3v) is 2.33. The van der Waals surface area contributed by atoms with Crippen molar-refractivity contribution in [3.63, 3.8) is 0 Å². The zero-order valence-electron chi connectivity index (χ0n) is 10.8. The van der Waals surface area contributed by atoms with Gasteiger partial charge in [0.15, 0.2) is 6.29 Å². The molecule has 100 valence electrons. The minimum Gasteiger partial charge on any atom is -0.491 e. The average molecular weight is 252 g/mol. The summed E-state index contributed by atoms with van der Waals surface area (Å²) in [6.07, 6.45) is -1.83. The number of ether oxygens (including phenoxy) is 2. The largest absolute Gasteiger partial charge is 0.491 e. The SMILES string of the molecule is C=C(C)C(O)OCC(O)COc1ccc(C)cc1. The van der Waals surface area contributed by atoms with Gasteiger partial charge in [-0.25, -0.2) is 0 Å². The van der Waals surface area contributed by atoms with E-state index in [1.54, 1.807) is 6.92 Å². The van der Waals surface area contributed by atoms with Crippen molar-refractivity contribution in [2.24, 2.45) is 0 Å². The molecule has 2 atom stereocenters. The number of hydrogen-bond acceptors (Lipinski definition) is 4. The molecule has 1 aromatic rings. The lowest BCUT2D eigenvalue weighted by Gasteiger charge is -2.16. The zero-order valence-corrected chi connectivity index (χ0v) is 10.8. The number of aryl methyl sites for hydroxylation is 1. The van der Waals surface area contributed by atoms with Crippen LogP contribution in [0.5, 0.6) is 5.75 Å². The Morgan fingerprint density at radius 3 is 2.39 bits per heavy atom. The number of aliphatic hydroxyl groups is 2. The first-order valence-electron chi connectivity index (χ1n) is 5.81. The van der Waals surface area contributed by atoms with Gasteiger partial charge in [0.1, 0.15) is 18.5 Å². The molecule has 4 heteroatoms. The highest BCUT2D eigenvalue weighted by Gasteiger charge is 2.10. The van der Waals surface area contributed by atoms with Crippen molar-refractivity contribution in [2.45, 2.75) is 26.2 Å². The van der Waals surface area contributed by atoms with Crippen LogP contribution in [0.25, 0.3) is 0 Å². The van der Waals surface area contributed by atoms with Crippen LogP contribution >= 0.6 is 0 Å². The predicted molar refractivity (Wildman–Crippen MR) is 69.5 cm³/mol. The summed E-state index contributed by atoms with van der Waals surface area (Å²) in [5.41, 5.74) is 1.65. The summed E-state index contributed by atoms with van der Waals surface area (Å²) in [5.74, 6) is 0.695. The fraction of sp³-hybridized carbons (Fsp3) is 0.429. The van der Waals surface area contributed by atoms with Crippen LogP contribution in [0.15, 0.2) is 36.4 Å². The summed E-state index contributed by atoms with van der Waals surface area (Å²) in [7, 11) is 0. The minimum atomic E-state index is -1.04. The van der Waals surface area contributed by atoms with Gasteiger partial charge in [-0.2, -0.15) is 0 Å². The van der Waals surface area contributed by atoms with Crippen LogP contribution < -0.4 is 4.74 Å². The Morgan fingerprint density at radius 1 is 1.22 bits per heavy atom. The van der Waals surface area contributed by atoms with Crippen molar-refractivity contribution in [1.29, 1.82) is 0 Å². The zero-order chi connectivity index (χ0) is 13.5. The quantitative estimate of drug-likeness (QED) is 0.572. The molecule has 4 nitrogen and oxygen atoms in total. The topological polar surface area (TPSA) is 58.9 Å². The van der Waals surface area contributed by atoms with Gasteiger partial charge in [-0.1, -0.05) is 24.3 Å². The van der Waals surface area contributed by atoms with Crippen molar-refractivity contribution in [2.75, 3.05) is 13.2 Å². The van der Waals surface area contributed by atoms with E-state index in [9.17, 15) is 10.2 Å². The molecule has 0 amide bonds. The molecule has 0 saturated heterocycles. The maximum atomic E-state index is 9.60. The molecule has 0 aliphatic rings. The Balaban J connectivity index is 2.26. The van der Waals surface area contributed by atoms with Gasteiger partial charge in [0.05, 0.1) is 6.61 Å². The lowest BCUT2D eigenvalue weighted by Crippen LogP contribution is -2.27. The molecule has 0 bridgehead atoms. The molecule has 0 fully saturated rings. The first kappa shape index (κ1) is 14.7. The van der Waals surface area contributed by atoms with Crippen molar-refractivity contribution < 1.29 is 19.7 Å². The van der Waals surface area contributed by atoms with Gasteiger partial charge in [-0.3, -0.25) is 0 Å². The van der Waals surface area contributed by atoms with Crippen molar-refractivity contribution in [1.82, 2.24) is 0 Å². The summed E-state index contributed by atoms with van der Waals surface area (Å²) >= 11 is 0. The Kier molecular flexibility index (Phi) is 5.85. The summed E-state index contributed by atoms with van der Waals surface area (Å²) in [4.78, 5) is 0. The van der Waals surface area contributed by atoms with Gasteiger partial charge < -0.3 is 19.7 Å². The van der Waals surface area contributed by atoms with Crippen LogP contribution in [0, 0.1) is 6.92 Å². The van der Waals surface area contributed by atoms with Crippen LogP contribution in [0.1, 0.15) is 12.5 Å². The monoisotopic (exact) mass is 252 g/mol. The van der Waals surface area contributed by atoms with Gasteiger partial charge in [0, 0.05) is 0 Å². The fourth-order valence-corrected chi connectivity index (χ4v) is 1.22. The lowest BCUT2D eigenvalue weighted by atomic mass is 10.2. The van der Waals surface area contributed by atoms with Gasteiger partial charge in [-0.05, 0) is 31.6 Å². The highest BCUT2D eigenvalue weighted by atomic mass is 16.6. The molecule has 0 aliphatic carbocycles. The van der Waals surface area contributed by atoms with E-state index in [4.69, 9.17) is 9.47 Å². The second-order valence-corrected chi connectivity index (χ2v) is 4.31. The van der Waals surface area contributed by atoms with Gasteiger partial charge >= 0.3 is 0 Å². The maximum absolute atomic E-state index is 9.60. The van der Waals surface area contributed by atoms with E-state index in [0.717, 1.165) is 5.56 Å². The third-order valence-electron chi connectivity index (χ3n) is 2.33. The van der Waals surface area contributed by atoms with Crippen molar-refractivity contribution in [3.05, 3.63) is 42.0 Å². The van der Waals surface area contributed by atoms with E-state index in [2.05, 4.69) is 6.58 Å². The summed E-state index contributed by atoms with van der Waals surface area (Å²) < 4.78 is 10.4. The van der Waals surface area contributed by atoms with E-state index in [1.165, 1.54) is 0 Å². The Bertz CT molecular complexity index is 372. The Hall–Kier alpha value is -1.36. The predicted octanol–water partition coefficient (Wildman–Crippen LogP) is 1.65. The Morgan fingerprint density at radius 2 is 1.83 bits per heavy atom. The van der Waals surface area contributed by atoms with Gasteiger partial charge in [0.25, 0.3) is 0 Å². The van der Waals surface area contributed by atoms with Crippen molar-refractivity contribution in [3.8, 4) is 5.75 Å². The van der Waals surface area contributed by atoms with E-state index in [0.29, 0.717) is 11.3 Å². The standard InChI is InChI=1S/C14H20O4/c1-10(2)14(16)18-9-12(15)8-17-13-6-4-11(3)5-7-13/h4-7,12,14-16H,1,8-9H2,2-3H3. The van der Waals surface area contributed by atoms with Crippen LogP contribution in [-0.4, -0.2) is 35.8 Å². The molecule has 0 aromatic heterocycles. The average Bonchev–Trinajstić information content (AvgIpc) is 2.35. The Labute approximate surface area is 107 Å². The molecule has 0 aliphatic heterocycles. The second kappa shape index (κ2) is 7.16. The normalized spacial score (nSPS) is 14.0. The van der Waals surface area contributed by atoms with Gasteiger partial charge in [0.2, 0.25) is 0 Å². The van der Waals surface area contributed by atoms with Crippen LogP contribution in [-0.2, 0) is 4.74 Å². The summed E-state index contributed by atoms with van der Waals surface area (Å²) in [6, 6.07) is 7.55. The number of benzene rings is 1. The highest BCUT2D eigenvalue weighted by Crippen LogP contribution is 2.11. The van der Waals surface area contributed by atoms with E-state index in [-0.39, 0.29) is 13.2 Å². The third kappa shape index (κ3) is 5.31. The smallest absolute Gasteiger partial charge is 0.176 e. The fourth-order valence-electron chi connectivity index (χ4n) is 1.22. The highest BCUT2D eigenvalue weighted by molar-refractivity contribution is 5.26. The molecule has 0 heterocycles. The first-order chi connectivity index (χ1) is 8.49. The molecule has 0 spiro atoms. The molecule has 2 unspecified atom stereocenters. The first-order valence-corrected chi connectivity index (χ1v) is 5.81. The molecule has 1 aromatic carbocycles. The molecular weight excluding hydrogens is 232 g/mol. The number of rotatable bonds is 7. The summed E-state index contributed by atoms with van der Waals surface area (Å²) in [5, 5.41) is 18.9. The van der Waals surface area contributed by atoms with Crippen LogP contribution in [0.3, 0.4) is 0 Å². The molecule has 18 heavy (non-hydrogen) atoms. The maximum Gasteiger partial charge on any atom is 0.176 e. The van der Waals surface area contributed by atoms with Crippen LogP contribution in [0.4, 0.5) is 0 Å². The van der Waals surface area contributed by atoms with Gasteiger partial charge in [-0.15, -0.1) is 0 Å². The molecule has 0 radical (unpaired) electrons. The lowest BCUT2D eigenvalue weighted by molar-refractivity contribution is -0.103. The molecular formula is C14H20O4. The van der Waals surface area contributed by atoms with E-state index in [1.807, 2.05) is 31.2 Å². The minimum absolute atomic E-state index is 0.000111. The molecule has 1 rings (SSSR count). The van der Waals surface area contributed by atoms with Crippen molar-refractivity contribution >= 4 is 0 Å². The number of aliphatic hydroxyl groups excluding tert-OH is 2. The van der Waals surface area contributed by atoms with E-state index < -0.39 is 12.4 Å². The second-order valence-electron chi connectivity index (χ2n) is 4.31. The number of hydrogen-bond donors (Lipinski definition) is 2. The van der Waals surface area contributed by atoms with Crippen LogP contribution in [0.2, 0.25) is 0 Å². The summed E-state index contributed by atoms with van der Waals surface area (Å²) in [6.45, 7) is 7.31. The molecule has 2 N–H and O–H groups in total.